The zero-order valence-electron chi connectivity index (χ0n) is 39.5. The lowest BCUT2D eigenvalue weighted by atomic mass is 9.33. The molecule has 11 aromatic rings. The predicted octanol–water partition coefficient (Wildman–Crippen LogP) is 14.6. The Hall–Kier alpha value is -7.36. The summed E-state index contributed by atoms with van der Waals surface area (Å²) in [5, 5.41) is 6.71. The lowest BCUT2D eigenvalue weighted by Crippen LogP contribution is -2.60. The number of benzene rings is 9. The smallest absolute Gasteiger partial charge is 0.252 e. The molecule has 15 rings (SSSR count). The maximum atomic E-state index is 2.79. The van der Waals surface area contributed by atoms with E-state index in [0.29, 0.717) is 23.7 Å². The van der Waals surface area contributed by atoms with Crippen molar-refractivity contribution in [3.8, 4) is 44.9 Å². The molecule has 2 aromatic heterocycles. The monoisotopic (exact) mass is 870 g/mol. The third-order valence-corrected chi connectivity index (χ3v) is 17.5. The van der Waals surface area contributed by atoms with E-state index in [-0.39, 0.29) is 6.71 Å². The van der Waals surface area contributed by atoms with Crippen LogP contribution in [0, 0.1) is 11.8 Å². The van der Waals surface area contributed by atoms with Gasteiger partial charge in [0.05, 0.1) is 22.1 Å². The Balaban J connectivity index is 1.22. The van der Waals surface area contributed by atoms with Gasteiger partial charge in [-0.15, -0.1) is 0 Å². The first-order chi connectivity index (χ1) is 33.3. The van der Waals surface area contributed by atoms with Gasteiger partial charge in [0.1, 0.15) is 0 Å². The van der Waals surface area contributed by atoms with Gasteiger partial charge in [-0.25, -0.2) is 0 Å². The van der Waals surface area contributed by atoms with Gasteiger partial charge in [0.2, 0.25) is 0 Å². The average molecular weight is 871 g/mol. The van der Waals surface area contributed by atoms with Gasteiger partial charge in [-0.3, -0.25) is 0 Å². The quantitative estimate of drug-likeness (QED) is 0.147. The number of rotatable bonds is 6. The van der Waals surface area contributed by atoms with E-state index in [2.05, 4.69) is 227 Å². The Labute approximate surface area is 398 Å². The highest BCUT2D eigenvalue weighted by atomic mass is 15.1. The fraction of sp³-hybridized carbons (Fsp3) is 0.169. The second-order valence-electron chi connectivity index (χ2n) is 21.2. The van der Waals surface area contributed by atoms with E-state index in [1.165, 1.54) is 138 Å². The number of hydrogen-bond donors (Lipinski definition) is 0. The number of nitrogens with zero attached hydrogens (tertiary/aromatic N) is 2. The van der Waals surface area contributed by atoms with Crippen LogP contribution in [0.25, 0.3) is 88.4 Å². The van der Waals surface area contributed by atoms with Crippen LogP contribution in [0.15, 0.2) is 176 Å². The first-order valence-corrected chi connectivity index (χ1v) is 25.0. The molecule has 3 heteroatoms. The van der Waals surface area contributed by atoms with Crippen molar-refractivity contribution < 1.29 is 0 Å². The van der Waals surface area contributed by atoms with E-state index in [1.54, 1.807) is 0 Å². The van der Waals surface area contributed by atoms with Crippen molar-refractivity contribution in [1.29, 1.82) is 0 Å². The lowest BCUT2D eigenvalue weighted by molar-refractivity contribution is 0.534. The summed E-state index contributed by atoms with van der Waals surface area (Å²) in [6, 6.07) is 68.5. The summed E-state index contributed by atoms with van der Waals surface area (Å²) in [4.78, 5) is 0. The molecule has 2 nitrogen and oxygen atoms in total. The van der Waals surface area contributed by atoms with E-state index in [4.69, 9.17) is 0 Å². The summed E-state index contributed by atoms with van der Waals surface area (Å²) in [5.74, 6) is 1.73. The normalized spacial score (nSPS) is 15.1. The third kappa shape index (κ3) is 4.56. The molecule has 0 saturated heterocycles. The van der Waals surface area contributed by atoms with Crippen LogP contribution in [0.1, 0.15) is 86.8 Å². The van der Waals surface area contributed by atoms with Gasteiger partial charge in [-0.2, -0.15) is 0 Å². The average Bonchev–Trinajstić information content (AvgIpc) is 4.01. The molecule has 5 heterocycles. The SMILES string of the molecule is CC(C)C(C)c1cc2c3c(c1)c1cc(C(C)C(C)C)cc4c1n3-c1c(ccc3c1B2c1cc2ccccc2c2c(-c5ccccc5)c(-c5ccccc5)n-3c12)C41c2ccccc2-c2ccccc21. The molecule has 0 amide bonds. The first kappa shape index (κ1) is 38.7. The molecule has 0 fully saturated rings. The van der Waals surface area contributed by atoms with Crippen LogP contribution in [0.3, 0.4) is 0 Å². The molecule has 4 aliphatic rings. The lowest BCUT2D eigenvalue weighted by Gasteiger charge is -2.44. The molecule has 2 atom stereocenters. The van der Waals surface area contributed by atoms with Crippen LogP contribution in [-0.2, 0) is 5.41 Å². The van der Waals surface area contributed by atoms with Crippen molar-refractivity contribution in [3.63, 3.8) is 0 Å². The van der Waals surface area contributed by atoms with Crippen LogP contribution in [0.4, 0.5) is 0 Å². The predicted molar refractivity (Wildman–Crippen MR) is 288 cm³/mol. The summed E-state index contributed by atoms with van der Waals surface area (Å²) in [6.45, 7) is 14.5. The topological polar surface area (TPSA) is 9.86 Å². The summed E-state index contributed by atoms with van der Waals surface area (Å²) >= 11 is 0. The largest absolute Gasteiger partial charge is 0.310 e. The Morgan fingerprint density at radius 3 is 1.69 bits per heavy atom. The minimum absolute atomic E-state index is 0.000115. The highest BCUT2D eigenvalue weighted by Gasteiger charge is 2.54. The van der Waals surface area contributed by atoms with E-state index in [9.17, 15) is 0 Å². The molecule has 0 bridgehead atoms. The van der Waals surface area contributed by atoms with E-state index in [0.717, 1.165) is 0 Å². The standard InChI is InChI=1S/C65H51BN2/c1-36(2)38(5)43-31-48-49-32-44(39(6)37(3)4)35-54-62(49)68-61(48)53(33-43)65(50-27-17-15-25-46(50)47-26-16-18-28-51(47)65)52-29-30-56-59(63(52)68)66(54)55-34-42-23-13-14-24-45(42)58-57(40-19-9-7-10-20-40)60(67(56)64(55)58)41-21-11-8-12-22-41/h7-39H,1-6H3. The van der Waals surface area contributed by atoms with Crippen molar-refractivity contribution >= 4 is 66.6 Å². The maximum Gasteiger partial charge on any atom is 0.252 e. The molecule has 9 aromatic carbocycles. The van der Waals surface area contributed by atoms with Crippen molar-refractivity contribution in [3.05, 3.63) is 209 Å². The van der Waals surface area contributed by atoms with Gasteiger partial charge >= 0.3 is 0 Å². The molecular formula is C65H51BN2. The molecule has 68 heavy (non-hydrogen) atoms. The fourth-order valence-corrected chi connectivity index (χ4v) is 13.8. The summed E-state index contributed by atoms with van der Waals surface area (Å²) < 4.78 is 5.49. The highest BCUT2D eigenvalue weighted by molar-refractivity contribution is 7.00. The number of fused-ring (bicyclic) bond motifs is 13. The van der Waals surface area contributed by atoms with Crippen molar-refractivity contribution in [2.24, 2.45) is 11.8 Å². The van der Waals surface area contributed by atoms with E-state index < -0.39 is 5.41 Å². The molecule has 0 saturated carbocycles. The summed E-state index contributed by atoms with van der Waals surface area (Å²) in [5.41, 5.74) is 26.6. The third-order valence-electron chi connectivity index (χ3n) is 17.5. The summed E-state index contributed by atoms with van der Waals surface area (Å²) in [7, 11) is 0. The van der Waals surface area contributed by atoms with Crippen molar-refractivity contribution in [2.75, 3.05) is 0 Å². The van der Waals surface area contributed by atoms with E-state index in [1.807, 2.05) is 0 Å². The molecule has 0 N–H and O–H groups in total. The van der Waals surface area contributed by atoms with Gasteiger partial charge in [0.15, 0.2) is 0 Å². The molecule has 324 valence electrons. The molecule has 2 unspecified atom stereocenters. The molecule has 1 aliphatic carbocycles. The zero-order chi connectivity index (χ0) is 45.5. The molecular weight excluding hydrogens is 820 g/mol. The van der Waals surface area contributed by atoms with Gasteiger partial charge < -0.3 is 9.13 Å². The number of hydrogen-bond acceptors (Lipinski definition) is 0. The minimum atomic E-state index is -0.532. The molecule has 1 spiro atoms. The van der Waals surface area contributed by atoms with Crippen LogP contribution < -0.4 is 16.4 Å². The second-order valence-corrected chi connectivity index (χ2v) is 21.2. The number of aromatic nitrogens is 2. The Morgan fingerprint density at radius 1 is 0.441 bits per heavy atom. The second kappa shape index (κ2) is 13.4. The van der Waals surface area contributed by atoms with Gasteiger partial charge in [0.25, 0.3) is 6.71 Å². The van der Waals surface area contributed by atoms with Crippen LogP contribution in [-0.4, -0.2) is 15.8 Å². The molecule has 3 aliphatic heterocycles. The fourth-order valence-electron chi connectivity index (χ4n) is 13.8. The van der Waals surface area contributed by atoms with Crippen LogP contribution in [0.2, 0.25) is 0 Å². The van der Waals surface area contributed by atoms with Crippen LogP contribution >= 0.6 is 0 Å². The molecule has 0 radical (unpaired) electrons. The Bertz CT molecular complexity index is 3970. The van der Waals surface area contributed by atoms with Gasteiger partial charge in [-0.1, -0.05) is 199 Å². The first-order valence-electron chi connectivity index (χ1n) is 25.0. The van der Waals surface area contributed by atoms with E-state index >= 15 is 0 Å². The maximum absolute atomic E-state index is 2.79. The zero-order valence-corrected chi connectivity index (χ0v) is 39.5. The minimum Gasteiger partial charge on any atom is -0.310 e. The van der Waals surface area contributed by atoms with Crippen molar-refractivity contribution in [2.45, 2.75) is 58.8 Å². The van der Waals surface area contributed by atoms with Gasteiger partial charge in [0, 0.05) is 38.6 Å². The van der Waals surface area contributed by atoms with Crippen molar-refractivity contribution in [1.82, 2.24) is 9.13 Å². The highest BCUT2D eigenvalue weighted by Crippen LogP contribution is 2.62. The Morgan fingerprint density at radius 2 is 1.01 bits per heavy atom. The Kier molecular flexibility index (Phi) is 7.64. The summed E-state index contributed by atoms with van der Waals surface area (Å²) in [6.07, 6.45) is 0. The van der Waals surface area contributed by atoms with Gasteiger partial charge in [-0.05, 0) is 125 Å². The van der Waals surface area contributed by atoms with Crippen LogP contribution in [0.5, 0.6) is 0 Å².